The fraction of sp³-hybridized carbons (Fsp3) is 0.538. The van der Waals surface area contributed by atoms with Crippen molar-refractivity contribution < 1.29 is 4.74 Å². The summed E-state index contributed by atoms with van der Waals surface area (Å²) in [5.41, 5.74) is 7.11. The summed E-state index contributed by atoms with van der Waals surface area (Å²) in [5, 5.41) is 0. The molecule has 0 aromatic heterocycles. The highest BCUT2D eigenvalue weighted by Gasteiger charge is 2.24. The zero-order valence-electron chi connectivity index (χ0n) is 9.23. The maximum atomic E-state index is 5.99. The lowest BCUT2D eigenvalue weighted by atomic mass is 10.1. The van der Waals surface area contributed by atoms with Gasteiger partial charge in [-0.15, -0.1) is 0 Å². The summed E-state index contributed by atoms with van der Waals surface area (Å²) in [6.07, 6.45) is 3.76. The maximum absolute atomic E-state index is 5.99. The van der Waals surface area contributed by atoms with Crippen LogP contribution in [0.2, 0.25) is 0 Å². The molecule has 1 aliphatic carbocycles. The molecule has 1 saturated carbocycles. The molecule has 3 unspecified atom stereocenters. The van der Waals surface area contributed by atoms with Crippen molar-refractivity contribution in [2.75, 3.05) is 0 Å². The Morgan fingerprint density at radius 1 is 1.27 bits per heavy atom. The molecule has 2 rings (SSSR count). The highest BCUT2D eigenvalue weighted by molar-refractivity contribution is 5.16. The summed E-state index contributed by atoms with van der Waals surface area (Å²) in [6.45, 7) is 2.11. The molecule has 0 bridgehead atoms. The SMILES string of the molecule is CC(OC1CCC(N)C1)c1ccccc1. The van der Waals surface area contributed by atoms with Crippen LogP contribution >= 0.6 is 0 Å². The molecule has 2 N–H and O–H groups in total. The Morgan fingerprint density at radius 2 is 2.00 bits per heavy atom. The molecule has 1 fully saturated rings. The second kappa shape index (κ2) is 4.77. The molecular weight excluding hydrogens is 186 g/mol. The number of ether oxygens (including phenoxy) is 1. The van der Waals surface area contributed by atoms with Crippen LogP contribution in [0.15, 0.2) is 30.3 Å². The maximum Gasteiger partial charge on any atom is 0.0800 e. The first kappa shape index (κ1) is 10.7. The van der Waals surface area contributed by atoms with Crippen LogP contribution in [0.25, 0.3) is 0 Å². The molecule has 0 amide bonds. The van der Waals surface area contributed by atoms with Crippen molar-refractivity contribution in [2.24, 2.45) is 5.73 Å². The van der Waals surface area contributed by atoms with E-state index in [0.29, 0.717) is 12.1 Å². The van der Waals surface area contributed by atoms with Crippen molar-refractivity contribution in [2.45, 2.75) is 44.4 Å². The van der Waals surface area contributed by atoms with Crippen LogP contribution in [-0.2, 0) is 4.74 Å². The Hall–Kier alpha value is -0.860. The normalized spacial score (nSPS) is 27.9. The Bertz CT molecular complexity index is 299. The third-order valence-electron chi connectivity index (χ3n) is 3.09. The molecule has 82 valence electrons. The molecule has 1 aromatic rings. The molecule has 0 saturated heterocycles. The van der Waals surface area contributed by atoms with Crippen molar-refractivity contribution in [3.63, 3.8) is 0 Å². The van der Waals surface area contributed by atoms with Crippen LogP contribution in [0.3, 0.4) is 0 Å². The van der Waals surface area contributed by atoms with E-state index < -0.39 is 0 Å². The monoisotopic (exact) mass is 205 g/mol. The highest BCUT2D eigenvalue weighted by Crippen LogP contribution is 2.26. The first-order valence-corrected chi connectivity index (χ1v) is 5.71. The van der Waals surface area contributed by atoms with Gasteiger partial charge in [0.15, 0.2) is 0 Å². The Kier molecular flexibility index (Phi) is 3.39. The molecule has 3 atom stereocenters. The standard InChI is InChI=1S/C13H19NO/c1-10(11-5-3-2-4-6-11)15-13-8-7-12(14)9-13/h2-6,10,12-13H,7-9,14H2,1H3. The number of benzene rings is 1. The molecule has 0 heterocycles. The molecule has 1 aromatic carbocycles. The van der Waals surface area contributed by atoms with Crippen molar-refractivity contribution >= 4 is 0 Å². The predicted molar refractivity (Wildman–Crippen MR) is 61.6 cm³/mol. The van der Waals surface area contributed by atoms with E-state index in [2.05, 4.69) is 31.2 Å². The average molecular weight is 205 g/mol. The zero-order valence-corrected chi connectivity index (χ0v) is 9.23. The summed E-state index contributed by atoms with van der Waals surface area (Å²) < 4.78 is 5.99. The van der Waals surface area contributed by atoms with Crippen LogP contribution in [0.4, 0.5) is 0 Å². The topological polar surface area (TPSA) is 35.2 Å². The fourth-order valence-corrected chi connectivity index (χ4v) is 2.19. The van der Waals surface area contributed by atoms with E-state index in [1.165, 1.54) is 5.56 Å². The van der Waals surface area contributed by atoms with Gasteiger partial charge in [0.2, 0.25) is 0 Å². The van der Waals surface area contributed by atoms with Gasteiger partial charge in [-0.25, -0.2) is 0 Å². The van der Waals surface area contributed by atoms with Gasteiger partial charge in [0.1, 0.15) is 0 Å². The van der Waals surface area contributed by atoms with Crippen LogP contribution in [-0.4, -0.2) is 12.1 Å². The Labute approximate surface area is 91.4 Å². The van der Waals surface area contributed by atoms with Crippen LogP contribution in [0.1, 0.15) is 37.9 Å². The van der Waals surface area contributed by atoms with Gasteiger partial charge in [0, 0.05) is 6.04 Å². The van der Waals surface area contributed by atoms with Gasteiger partial charge in [0.25, 0.3) is 0 Å². The van der Waals surface area contributed by atoms with Crippen LogP contribution in [0, 0.1) is 0 Å². The van der Waals surface area contributed by atoms with Gasteiger partial charge in [-0.1, -0.05) is 30.3 Å². The molecule has 0 radical (unpaired) electrons. The minimum Gasteiger partial charge on any atom is -0.371 e. The third kappa shape index (κ3) is 2.80. The first-order chi connectivity index (χ1) is 7.25. The molecule has 2 nitrogen and oxygen atoms in total. The third-order valence-corrected chi connectivity index (χ3v) is 3.09. The van der Waals surface area contributed by atoms with E-state index in [1.807, 2.05) is 6.07 Å². The van der Waals surface area contributed by atoms with Crippen molar-refractivity contribution in [3.05, 3.63) is 35.9 Å². The van der Waals surface area contributed by atoms with E-state index >= 15 is 0 Å². The van der Waals surface area contributed by atoms with Gasteiger partial charge in [-0.3, -0.25) is 0 Å². The molecule has 1 aliphatic rings. The summed E-state index contributed by atoms with van der Waals surface area (Å²) in [6, 6.07) is 10.7. The van der Waals surface area contributed by atoms with Gasteiger partial charge in [0.05, 0.1) is 12.2 Å². The zero-order chi connectivity index (χ0) is 10.7. The summed E-state index contributed by atoms with van der Waals surface area (Å²) in [7, 11) is 0. The van der Waals surface area contributed by atoms with E-state index in [0.717, 1.165) is 19.3 Å². The number of hydrogen-bond acceptors (Lipinski definition) is 2. The van der Waals surface area contributed by atoms with Gasteiger partial charge in [-0.05, 0) is 31.7 Å². The fourth-order valence-electron chi connectivity index (χ4n) is 2.19. The molecule has 2 heteroatoms. The van der Waals surface area contributed by atoms with E-state index in [4.69, 9.17) is 10.5 Å². The van der Waals surface area contributed by atoms with E-state index in [9.17, 15) is 0 Å². The second-order valence-electron chi connectivity index (χ2n) is 4.38. The van der Waals surface area contributed by atoms with Crippen molar-refractivity contribution in [1.29, 1.82) is 0 Å². The Morgan fingerprint density at radius 3 is 2.60 bits per heavy atom. The lowest BCUT2D eigenvalue weighted by Crippen LogP contribution is -2.18. The van der Waals surface area contributed by atoms with E-state index in [-0.39, 0.29) is 6.10 Å². The summed E-state index contributed by atoms with van der Waals surface area (Å²) in [5.74, 6) is 0. The van der Waals surface area contributed by atoms with Crippen molar-refractivity contribution in [3.8, 4) is 0 Å². The van der Waals surface area contributed by atoms with Crippen LogP contribution < -0.4 is 5.73 Å². The van der Waals surface area contributed by atoms with Gasteiger partial charge >= 0.3 is 0 Å². The Balaban J connectivity index is 1.90. The molecule has 0 spiro atoms. The lowest BCUT2D eigenvalue weighted by Gasteiger charge is -2.18. The minimum atomic E-state index is 0.182. The molecule has 0 aliphatic heterocycles. The molecular formula is C13H19NO. The molecule has 15 heavy (non-hydrogen) atoms. The first-order valence-electron chi connectivity index (χ1n) is 5.71. The second-order valence-corrected chi connectivity index (χ2v) is 4.38. The summed E-state index contributed by atoms with van der Waals surface area (Å²) >= 11 is 0. The number of rotatable bonds is 3. The lowest BCUT2D eigenvalue weighted by molar-refractivity contribution is 0.000369. The van der Waals surface area contributed by atoms with Crippen molar-refractivity contribution in [1.82, 2.24) is 0 Å². The predicted octanol–water partition coefficient (Wildman–Crippen LogP) is 2.64. The highest BCUT2D eigenvalue weighted by atomic mass is 16.5. The largest absolute Gasteiger partial charge is 0.371 e. The van der Waals surface area contributed by atoms with Gasteiger partial charge < -0.3 is 10.5 Å². The van der Waals surface area contributed by atoms with E-state index in [1.54, 1.807) is 0 Å². The summed E-state index contributed by atoms with van der Waals surface area (Å²) in [4.78, 5) is 0. The average Bonchev–Trinajstić information content (AvgIpc) is 2.65. The van der Waals surface area contributed by atoms with Crippen LogP contribution in [0.5, 0.6) is 0 Å². The smallest absolute Gasteiger partial charge is 0.0800 e. The van der Waals surface area contributed by atoms with Gasteiger partial charge in [-0.2, -0.15) is 0 Å². The minimum absolute atomic E-state index is 0.182. The quantitative estimate of drug-likeness (QED) is 0.823. The number of hydrogen-bond donors (Lipinski definition) is 1. The number of nitrogens with two attached hydrogens (primary N) is 1.